The monoisotopic (exact) mass is 273 g/mol. The third-order valence-corrected chi connectivity index (χ3v) is 3.18. The van der Waals surface area contributed by atoms with Gasteiger partial charge in [0.1, 0.15) is 11.6 Å². The van der Waals surface area contributed by atoms with Crippen LogP contribution >= 0.6 is 0 Å². The van der Waals surface area contributed by atoms with E-state index in [4.69, 9.17) is 4.74 Å². The summed E-state index contributed by atoms with van der Waals surface area (Å²) in [5.74, 6) is 0.428. The molecule has 0 aliphatic carbocycles. The number of halogens is 1. The van der Waals surface area contributed by atoms with Crippen molar-refractivity contribution in [1.29, 1.82) is 0 Å². The molecule has 0 radical (unpaired) electrons. The highest BCUT2D eigenvalue weighted by Gasteiger charge is 2.07. The van der Waals surface area contributed by atoms with Gasteiger partial charge >= 0.3 is 0 Å². The smallest absolute Gasteiger partial charge is 0.126 e. The SMILES string of the molecule is CCCNCc1ccc(-c2cc(F)ccc2OC)cc1. The van der Waals surface area contributed by atoms with Gasteiger partial charge in [-0.05, 0) is 42.3 Å². The molecule has 0 bridgehead atoms. The molecule has 0 spiro atoms. The van der Waals surface area contributed by atoms with Crippen LogP contribution in [0.3, 0.4) is 0 Å². The number of benzene rings is 2. The zero-order valence-corrected chi connectivity index (χ0v) is 11.9. The van der Waals surface area contributed by atoms with Crippen LogP contribution in [0.5, 0.6) is 5.75 Å². The first-order valence-corrected chi connectivity index (χ1v) is 6.88. The molecule has 2 nitrogen and oxygen atoms in total. The lowest BCUT2D eigenvalue weighted by Crippen LogP contribution is -2.13. The Balaban J connectivity index is 2.19. The van der Waals surface area contributed by atoms with Gasteiger partial charge in [0.15, 0.2) is 0 Å². The first kappa shape index (κ1) is 14.5. The minimum absolute atomic E-state index is 0.255. The summed E-state index contributed by atoms with van der Waals surface area (Å²) in [6.45, 7) is 4.01. The van der Waals surface area contributed by atoms with Crippen LogP contribution < -0.4 is 10.1 Å². The number of ether oxygens (including phenoxy) is 1. The molecule has 0 unspecified atom stereocenters. The van der Waals surface area contributed by atoms with Crippen molar-refractivity contribution in [2.24, 2.45) is 0 Å². The maximum atomic E-state index is 13.4. The quantitative estimate of drug-likeness (QED) is 0.803. The molecule has 2 aromatic rings. The van der Waals surface area contributed by atoms with Gasteiger partial charge in [-0.3, -0.25) is 0 Å². The Morgan fingerprint density at radius 3 is 2.50 bits per heavy atom. The largest absolute Gasteiger partial charge is 0.496 e. The highest BCUT2D eigenvalue weighted by atomic mass is 19.1. The molecule has 2 aromatic carbocycles. The molecule has 0 aromatic heterocycles. The van der Waals surface area contributed by atoms with Crippen molar-refractivity contribution in [2.45, 2.75) is 19.9 Å². The maximum Gasteiger partial charge on any atom is 0.126 e. The van der Waals surface area contributed by atoms with Crippen molar-refractivity contribution in [3.63, 3.8) is 0 Å². The fourth-order valence-corrected chi connectivity index (χ4v) is 2.12. The second kappa shape index (κ2) is 7.06. The Bertz CT molecular complexity index is 551. The van der Waals surface area contributed by atoms with Crippen LogP contribution in [0.15, 0.2) is 42.5 Å². The number of hydrogen-bond acceptors (Lipinski definition) is 2. The second-order valence-electron chi connectivity index (χ2n) is 4.72. The van der Waals surface area contributed by atoms with Crippen molar-refractivity contribution < 1.29 is 9.13 Å². The van der Waals surface area contributed by atoms with Gasteiger partial charge in [-0.15, -0.1) is 0 Å². The molecule has 0 aliphatic rings. The molecule has 2 rings (SSSR count). The molecule has 3 heteroatoms. The lowest BCUT2D eigenvalue weighted by molar-refractivity contribution is 0.415. The van der Waals surface area contributed by atoms with E-state index in [0.29, 0.717) is 5.75 Å². The predicted molar refractivity (Wildman–Crippen MR) is 80.4 cm³/mol. The fraction of sp³-hybridized carbons (Fsp3) is 0.294. The summed E-state index contributed by atoms with van der Waals surface area (Å²) in [7, 11) is 1.60. The van der Waals surface area contributed by atoms with Crippen LogP contribution in [0.4, 0.5) is 4.39 Å². The third kappa shape index (κ3) is 3.58. The Labute approximate surface area is 119 Å². The van der Waals surface area contributed by atoms with Gasteiger partial charge in [-0.25, -0.2) is 4.39 Å². The first-order valence-electron chi connectivity index (χ1n) is 6.88. The molecule has 0 saturated heterocycles. The van der Waals surface area contributed by atoms with E-state index >= 15 is 0 Å². The van der Waals surface area contributed by atoms with Crippen molar-refractivity contribution in [3.05, 3.63) is 53.8 Å². The van der Waals surface area contributed by atoms with Gasteiger partial charge < -0.3 is 10.1 Å². The Morgan fingerprint density at radius 1 is 1.10 bits per heavy atom. The topological polar surface area (TPSA) is 21.3 Å². The van der Waals surface area contributed by atoms with E-state index in [1.807, 2.05) is 12.1 Å². The van der Waals surface area contributed by atoms with Gasteiger partial charge in [-0.1, -0.05) is 31.2 Å². The maximum absolute atomic E-state index is 13.4. The summed E-state index contributed by atoms with van der Waals surface area (Å²) in [4.78, 5) is 0. The van der Waals surface area contributed by atoms with E-state index in [9.17, 15) is 4.39 Å². The molecular formula is C17H20FNO. The molecule has 0 amide bonds. The lowest BCUT2D eigenvalue weighted by Gasteiger charge is -2.10. The van der Waals surface area contributed by atoms with Gasteiger partial charge in [0, 0.05) is 12.1 Å². The summed E-state index contributed by atoms with van der Waals surface area (Å²) < 4.78 is 18.7. The summed E-state index contributed by atoms with van der Waals surface area (Å²) in [6.07, 6.45) is 1.12. The molecule has 0 aliphatic heterocycles. The van der Waals surface area contributed by atoms with Crippen LogP contribution in [0, 0.1) is 5.82 Å². The zero-order chi connectivity index (χ0) is 14.4. The number of rotatable bonds is 6. The van der Waals surface area contributed by atoms with Crippen LogP contribution in [0.2, 0.25) is 0 Å². The average Bonchev–Trinajstić information content (AvgIpc) is 2.48. The number of methoxy groups -OCH3 is 1. The fourth-order valence-electron chi connectivity index (χ4n) is 2.12. The summed E-state index contributed by atoms with van der Waals surface area (Å²) >= 11 is 0. The zero-order valence-electron chi connectivity index (χ0n) is 11.9. The lowest BCUT2D eigenvalue weighted by atomic mass is 10.0. The van der Waals surface area contributed by atoms with Crippen LogP contribution in [0.1, 0.15) is 18.9 Å². The summed E-state index contributed by atoms with van der Waals surface area (Å²) in [6, 6.07) is 12.7. The molecular weight excluding hydrogens is 253 g/mol. The van der Waals surface area contributed by atoms with Gasteiger partial charge in [-0.2, -0.15) is 0 Å². The minimum Gasteiger partial charge on any atom is -0.496 e. The first-order chi connectivity index (χ1) is 9.74. The van der Waals surface area contributed by atoms with Gasteiger partial charge in [0.05, 0.1) is 7.11 Å². The normalized spacial score (nSPS) is 10.6. The van der Waals surface area contributed by atoms with Crippen molar-refractivity contribution in [2.75, 3.05) is 13.7 Å². The molecule has 0 fully saturated rings. The van der Waals surface area contributed by atoms with Crippen LogP contribution in [-0.2, 0) is 6.54 Å². The highest BCUT2D eigenvalue weighted by molar-refractivity contribution is 5.70. The van der Waals surface area contributed by atoms with E-state index in [1.54, 1.807) is 13.2 Å². The minimum atomic E-state index is -0.255. The molecule has 20 heavy (non-hydrogen) atoms. The van der Waals surface area contributed by atoms with Crippen molar-refractivity contribution in [1.82, 2.24) is 5.32 Å². The molecule has 0 saturated carbocycles. The Morgan fingerprint density at radius 2 is 1.85 bits per heavy atom. The van der Waals surface area contributed by atoms with Crippen LogP contribution in [-0.4, -0.2) is 13.7 Å². The van der Waals surface area contributed by atoms with Crippen molar-refractivity contribution in [3.8, 4) is 16.9 Å². The molecule has 1 N–H and O–H groups in total. The predicted octanol–water partition coefficient (Wildman–Crippen LogP) is 4.00. The van der Waals surface area contributed by atoms with Crippen molar-refractivity contribution >= 4 is 0 Å². The Hall–Kier alpha value is -1.87. The standard InChI is InChI=1S/C17H20FNO/c1-3-10-19-12-13-4-6-14(7-5-13)16-11-15(18)8-9-17(16)20-2/h4-9,11,19H,3,10,12H2,1-2H3. The molecule has 0 heterocycles. The van der Waals surface area contributed by atoms with Gasteiger partial charge in [0.2, 0.25) is 0 Å². The van der Waals surface area contributed by atoms with E-state index in [-0.39, 0.29) is 5.82 Å². The number of hydrogen-bond donors (Lipinski definition) is 1. The van der Waals surface area contributed by atoms with E-state index < -0.39 is 0 Å². The highest BCUT2D eigenvalue weighted by Crippen LogP contribution is 2.30. The molecule has 0 atom stereocenters. The van der Waals surface area contributed by atoms with E-state index in [2.05, 4.69) is 24.4 Å². The third-order valence-electron chi connectivity index (χ3n) is 3.18. The average molecular weight is 273 g/mol. The summed E-state index contributed by atoms with van der Waals surface area (Å²) in [5, 5.41) is 3.36. The summed E-state index contributed by atoms with van der Waals surface area (Å²) in [5.41, 5.74) is 2.96. The van der Waals surface area contributed by atoms with E-state index in [0.717, 1.165) is 30.6 Å². The van der Waals surface area contributed by atoms with E-state index in [1.165, 1.54) is 17.7 Å². The van der Waals surface area contributed by atoms with Crippen LogP contribution in [0.25, 0.3) is 11.1 Å². The Kier molecular flexibility index (Phi) is 5.13. The number of nitrogens with one attached hydrogen (secondary N) is 1. The second-order valence-corrected chi connectivity index (χ2v) is 4.72. The molecule has 106 valence electrons. The van der Waals surface area contributed by atoms with Gasteiger partial charge in [0.25, 0.3) is 0 Å².